The molecule has 0 aromatic carbocycles. The fourth-order valence-corrected chi connectivity index (χ4v) is 2.60. The van der Waals surface area contributed by atoms with Gasteiger partial charge in [0.2, 0.25) is 0 Å². The van der Waals surface area contributed by atoms with E-state index in [9.17, 15) is 0 Å². The molecule has 0 aromatic heterocycles. The van der Waals surface area contributed by atoms with Crippen LogP contribution in [-0.2, 0) is 0 Å². The predicted octanol–water partition coefficient (Wildman–Crippen LogP) is 5.40. The second kappa shape index (κ2) is 8.19. The third-order valence-corrected chi connectivity index (χ3v) is 3.84. The summed E-state index contributed by atoms with van der Waals surface area (Å²) in [6, 6.07) is 0. The standard InChI is InChI=1S/C17H37N/c1-8-10-11-15(9-2)14-17(6,7)12-13-18-16(3,4)5/h15,18H,8-14H2,1-7H3. The quantitative estimate of drug-likeness (QED) is 0.582. The normalized spacial score (nSPS) is 14.8. The van der Waals surface area contributed by atoms with Crippen LogP contribution in [0.2, 0.25) is 0 Å². The first-order valence-corrected chi connectivity index (χ1v) is 7.95. The zero-order valence-corrected chi connectivity index (χ0v) is 14.0. The van der Waals surface area contributed by atoms with E-state index in [4.69, 9.17) is 0 Å². The van der Waals surface area contributed by atoms with Crippen molar-refractivity contribution in [3.05, 3.63) is 0 Å². The van der Waals surface area contributed by atoms with Crippen molar-refractivity contribution >= 4 is 0 Å². The van der Waals surface area contributed by atoms with Crippen molar-refractivity contribution < 1.29 is 0 Å². The van der Waals surface area contributed by atoms with Gasteiger partial charge in [0, 0.05) is 5.54 Å². The Morgan fingerprint density at radius 2 is 1.61 bits per heavy atom. The summed E-state index contributed by atoms with van der Waals surface area (Å²) >= 11 is 0. The van der Waals surface area contributed by atoms with Gasteiger partial charge in [0.1, 0.15) is 0 Å². The molecule has 1 heteroatoms. The van der Waals surface area contributed by atoms with Crippen LogP contribution in [0.5, 0.6) is 0 Å². The molecule has 0 rings (SSSR count). The molecule has 0 aliphatic heterocycles. The van der Waals surface area contributed by atoms with Gasteiger partial charge in [-0.25, -0.2) is 0 Å². The molecule has 0 saturated heterocycles. The van der Waals surface area contributed by atoms with Gasteiger partial charge in [-0.15, -0.1) is 0 Å². The third kappa shape index (κ3) is 9.94. The van der Waals surface area contributed by atoms with E-state index in [1.807, 2.05) is 0 Å². The molecule has 18 heavy (non-hydrogen) atoms. The zero-order chi connectivity index (χ0) is 14.2. The summed E-state index contributed by atoms with van der Waals surface area (Å²) in [5.41, 5.74) is 0.731. The Morgan fingerprint density at radius 1 is 1.00 bits per heavy atom. The monoisotopic (exact) mass is 255 g/mol. The Labute approximate surface area is 116 Å². The zero-order valence-electron chi connectivity index (χ0n) is 14.0. The van der Waals surface area contributed by atoms with Crippen LogP contribution < -0.4 is 5.32 Å². The lowest BCUT2D eigenvalue weighted by molar-refractivity contribution is 0.223. The highest BCUT2D eigenvalue weighted by Gasteiger charge is 2.22. The molecule has 0 fully saturated rings. The Balaban J connectivity index is 4.03. The molecule has 1 N–H and O–H groups in total. The van der Waals surface area contributed by atoms with Crippen LogP contribution in [0.25, 0.3) is 0 Å². The van der Waals surface area contributed by atoms with Crippen molar-refractivity contribution in [2.75, 3.05) is 6.54 Å². The second-order valence-electron chi connectivity index (χ2n) is 7.71. The lowest BCUT2D eigenvalue weighted by atomic mass is 9.77. The van der Waals surface area contributed by atoms with Crippen molar-refractivity contribution in [3.63, 3.8) is 0 Å². The highest BCUT2D eigenvalue weighted by Crippen LogP contribution is 2.32. The number of rotatable bonds is 9. The van der Waals surface area contributed by atoms with Crippen LogP contribution in [-0.4, -0.2) is 12.1 Å². The van der Waals surface area contributed by atoms with Gasteiger partial charge in [0.05, 0.1) is 0 Å². The summed E-state index contributed by atoms with van der Waals surface area (Å²) in [5, 5.41) is 3.61. The van der Waals surface area contributed by atoms with E-state index in [1.54, 1.807) is 0 Å². The van der Waals surface area contributed by atoms with Gasteiger partial charge in [0.25, 0.3) is 0 Å². The van der Waals surface area contributed by atoms with Gasteiger partial charge in [-0.3, -0.25) is 0 Å². The summed E-state index contributed by atoms with van der Waals surface area (Å²) in [5.74, 6) is 0.926. The first kappa shape index (κ1) is 18.0. The highest BCUT2D eigenvalue weighted by molar-refractivity contribution is 4.77. The SMILES string of the molecule is CCCCC(CC)CC(C)(C)CCNC(C)(C)C. The van der Waals surface area contributed by atoms with E-state index in [0.717, 1.165) is 12.5 Å². The minimum atomic E-state index is 0.252. The molecule has 1 unspecified atom stereocenters. The maximum Gasteiger partial charge on any atom is 0.00965 e. The number of nitrogens with one attached hydrogen (secondary N) is 1. The lowest BCUT2D eigenvalue weighted by Crippen LogP contribution is -2.38. The molecule has 1 atom stereocenters. The first-order valence-electron chi connectivity index (χ1n) is 7.95. The Morgan fingerprint density at radius 3 is 2.06 bits per heavy atom. The van der Waals surface area contributed by atoms with Gasteiger partial charge in [-0.2, -0.15) is 0 Å². The van der Waals surface area contributed by atoms with Crippen molar-refractivity contribution in [1.29, 1.82) is 0 Å². The van der Waals surface area contributed by atoms with Crippen molar-refractivity contribution in [1.82, 2.24) is 5.32 Å². The highest BCUT2D eigenvalue weighted by atomic mass is 14.9. The minimum absolute atomic E-state index is 0.252. The maximum absolute atomic E-state index is 3.61. The van der Waals surface area contributed by atoms with Crippen LogP contribution in [0.3, 0.4) is 0 Å². The average molecular weight is 255 g/mol. The number of unbranched alkanes of at least 4 members (excludes halogenated alkanes) is 1. The Hall–Kier alpha value is -0.0400. The molecule has 110 valence electrons. The van der Waals surface area contributed by atoms with E-state index in [0.29, 0.717) is 5.41 Å². The number of hydrogen-bond donors (Lipinski definition) is 1. The van der Waals surface area contributed by atoms with Gasteiger partial charge in [-0.05, 0) is 51.5 Å². The summed E-state index contributed by atoms with van der Waals surface area (Å²) in [7, 11) is 0. The molecular weight excluding hydrogens is 218 g/mol. The Kier molecular flexibility index (Phi) is 8.18. The molecule has 0 aliphatic carbocycles. The van der Waals surface area contributed by atoms with Gasteiger partial charge in [-0.1, -0.05) is 53.4 Å². The molecule has 0 heterocycles. The molecule has 1 nitrogen and oxygen atoms in total. The summed E-state index contributed by atoms with van der Waals surface area (Å²) in [4.78, 5) is 0. The maximum atomic E-state index is 3.61. The minimum Gasteiger partial charge on any atom is -0.312 e. The summed E-state index contributed by atoms with van der Waals surface area (Å²) in [6.45, 7) is 17.4. The fourth-order valence-electron chi connectivity index (χ4n) is 2.60. The summed E-state index contributed by atoms with van der Waals surface area (Å²) in [6.07, 6.45) is 8.17. The van der Waals surface area contributed by atoms with Crippen molar-refractivity contribution in [3.8, 4) is 0 Å². The van der Waals surface area contributed by atoms with Crippen LogP contribution in [0, 0.1) is 11.3 Å². The van der Waals surface area contributed by atoms with Crippen molar-refractivity contribution in [2.45, 2.75) is 92.5 Å². The third-order valence-electron chi connectivity index (χ3n) is 3.84. The number of hydrogen-bond acceptors (Lipinski definition) is 1. The Bertz CT molecular complexity index is 200. The van der Waals surface area contributed by atoms with Crippen LogP contribution in [0.4, 0.5) is 0 Å². The fraction of sp³-hybridized carbons (Fsp3) is 1.00. The molecule has 0 radical (unpaired) electrons. The molecule has 0 saturated carbocycles. The second-order valence-corrected chi connectivity index (χ2v) is 7.71. The average Bonchev–Trinajstić information content (AvgIpc) is 2.21. The molecule has 0 aromatic rings. The van der Waals surface area contributed by atoms with E-state index in [2.05, 4.69) is 53.8 Å². The van der Waals surface area contributed by atoms with Crippen molar-refractivity contribution in [2.24, 2.45) is 11.3 Å². The predicted molar refractivity (Wildman–Crippen MR) is 84.1 cm³/mol. The van der Waals surface area contributed by atoms with Gasteiger partial charge >= 0.3 is 0 Å². The van der Waals surface area contributed by atoms with Crippen LogP contribution in [0.15, 0.2) is 0 Å². The molecular formula is C17H37N. The largest absolute Gasteiger partial charge is 0.312 e. The lowest BCUT2D eigenvalue weighted by Gasteiger charge is -2.31. The molecule has 0 bridgehead atoms. The van der Waals surface area contributed by atoms with E-state index < -0.39 is 0 Å². The van der Waals surface area contributed by atoms with Crippen LogP contribution in [0.1, 0.15) is 87.0 Å². The molecule has 0 spiro atoms. The first-order chi connectivity index (χ1) is 8.20. The molecule has 0 amide bonds. The van der Waals surface area contributed by atoms with E-state index in [-0.39, 0.29) is 5.54 Å². The smallest absolute Gasteiger partial charge is 0.00965 e. The topological polar surface area (TPSA) is 12.0 Å². The van der Waals surface area contributed by atoms with Crippen LogP contribution >= 0.6 is 0 Å². The van der Waals surface area contributed by atoms with E-state index >= 15 is 0 Å². The van der Waals surface area contributed by atoms with Gasteiger partial charge in [0.15, 0.2) is 0 Å². The van der Waals surface area contributed by atoms with E-state index in [1.165, 1.54) is 38.5 Å². The molecule has 0 aliphatic rings. The van der Waals surface area contributed by atoms with Gasteiger partial charge < -0.3 is 5.32 Å². The summed E-state index contributed by atoms with van der Waals surface area (Å²) < 4.78 is 0.